The molecule has 0 aromatic heterocycles. The van der Waals surface area contributed by atoms with Crippen LogP contribution in [0.15, 0.2) is 66.7 Å². The van der Waals surface area contributed by atoms with Gasteiger partial charge in [-0.3, -0.25) is 14.4 Å². The number of ether oxygens (including phenoxy) is 2. The minimum absolute atomic E-state index is 0.0595. The Morgan fingerprint density at radius 1 is 0.703 bits per heavy atom. The summed E-state index contributed by atoms with van der Waals surface area (Å²) in [5.41, 5.74) is 4.69. The molecular weight excluding hydrogens is 468 g/mol. The fourth-order valence-corrected chi connectivity index (χ4v) is 3.44. The van der Waals surface area contributed by atoms with E-state index in [2.05, 4.69) is 31.4 Å². The molecule has 2 N–H and O–H groups in total. The van der Waals surface area contributed by atoms with Crippen molar-refractivity contribution in [3.8, 4) is 11.5 Å². The molecule has 7 nitrogen and oxygen atoms in total. The second-order valence-electron chi connectivity index (χ2n) is 9.96. The van der Waals surface area contributed by atoms with E-state index in [4.69, 9.17) is 9.47 Å². The van der Waals surface area contributed by atoms with E-state index < -0.39 is 18.5 Å². The van der Waals surface area contributed by atoms with Crippen molar-refractivity contribution < 1.29 is 23.9 Å². The molecule has 7 heteroatoms. The van der Waals surface area contributed by atoms with Gasteiger partial charge >= 0.3 is 5.97 Å². The van der Waals surface area contributed by atoms with Crippen LogP contribution in [0.5, 0.6) is 11.5 Å². The zero-order valence-corrected chi connectivity index (χ0v) is 22.0. The summed E-state index contributed by atoms with van der Waals surface area (Å²) in [6.07, 6.45) is -0.190. The number of esters is 1. The quantitative estimate of drug-likeness (QED) is 0.335. The second kappa shape index (κ2) is 12.2. The summed E-state index contributed by atoms with van der Waals surface area (Å²) in [6.45, 7) is 10.00. The highest BCUT2D eigenvalue weighted by Crippen LogP contribution is 2.27. The molecule has 0 fully saturated rings. The summed E-state index contributed by atoms with van der Waals surface area (Å²) in [5, 5.41) is 5.42. The molecule has 3 aromatic carbocycles. The van der Waals surface area contributed by atoms with E-state index in [9.17, 15) is 14.4 Å². The van der Waals surface area contributed by atoms with E-state index >= 15 is 0 Å². The number of rotatable bonds is 9. The van der Waals surface area contributed by atoms with E-state index in [0.29, 0.717) is 17.1 Å². The van der Waals surface area contributed by atoms with Crippen molar-refractivity contribution in [2.24, 2.45) is 0 Å². The van der Waals surface area contributed by atoms with Crippen LogP contribution in [-0.4, -0.2) is 24.4 Å². The van der Waals surface area contributed by atoms with E-state index in [1.54, 1.807) is 30.3 Å². The molecule has 194 valence electrons. The number of amides is 2. The van der Waals surface area contributed by atoms with Gasteiger partial charge in [0.25, 0.3) is 5.91 Å². The molecule has 0 bridgehead atoms. The summed E-state index contributed by atoms with van der Waals surface area (Å²) in [5.74, 6) is -0.0155. The maximum absolute atomic E-state index is 12.2. The number of aryl methyl sites for hydroxylation is 2. The average Bonchev–Trinajstić information content (AvgIpc) is 2.85. The zero-order chi connectivity index (χ0) is 27.0. The maximum atomic E-state index is 12.2. The van der Waals surface area contributed by atoms with E-state index in [1.165, 1.54) is 5.56 Å². The molecule has 0 saturated heterocycles. The summed E-state index contributed by atoms with van der Waals surface area (Å²) in [4.78, 5) is 36.2. The van der Waals surface area contributed by atoms with Gasteiger partial charge in [0.1, 0.15) is 11.5 Å². The van der Waals surface area contributed by atoms with Crippen LogP contribution >= 0.6 is 0 Å². The van der Waals surface area contributed by atoms with Crippen molar-refractivity contribution in [1.82, 2.24) is 0 Å². The topological polar surface area (TPSA) is 93.7 Å². The number of nitrogens with one attached hydrogen (secondary N) is 2. The van der Waals surface area contributed by atoms with Gasteiger partial charge in [-0.15, -0.1) is 0 Å². The molecule has 0 aliphatic rings. The molecule has 0 unspecified atom stereocenters. The molecule has 0 heterocycles. The van der Waals surface area contributed by atoms with Crippen molar-refractivity contribution >= 4 is 29.2 Å². The smallest absolute Gasteiger partial charge is 0.306 e. The molecule has 0 atom stereocenters. The van der Waals surface area contributed by atoms with Crippen LogP contribution in [0.1, 0.15) is 50.3 Å². The van der Waals surface area contributed by atoms with Gasteiger partial charge in [0.2, 0.25) is 5.91 Å². The lowest BCUT2D eigenvalue weighted by Crippen LogP contribution is -2.21. The predicted octanol–water partition coefficient (Wildman–Crippen LogP) is 6.29. The van der Waals surface area contributed by atoms with Gasteiger partial charge in [-0.25, -0.2) is 0 Å². The molecule has 0 aliphatic heterocycles. The van der Waals surface area contributed by atoms with E-state index in [1.807, 2.05) is 50.2 Å². The maximum Gasteiger partial charge on any atom is 0.306 e. The lowest BCUT2D eigenvalue weighted by atomic mass is 9.87. The number of anilines is 2. The van der Waals surface area contributed by atoms with Crippen molar-refractivity contribution in [2.75, 3.05) is 17.2 Å². The van der Waals surface area contributed by atoms with E-state index in [0.717, 1.165) is 16.9 Å². The van der Waals surface area contributed by atoms with Gasteiger partial charge in [-0.1, -0.05) is 39.0 Å². The standard InChI is InChI=1S/C30H34N2O5/c1-20-6-9-24(18-21(20)2)32-28(34)19-36-29(35)17-16-27(33)31-23-10-14-26(15-11-23)37-25-12-7-22(8-13-25)30(3,4)5/h6-15,18H,16-17,19H2,1-5H3,(H,31,33)(H,32,34). The van der Waals surface area contributed by atoms with E-state index in [-0.39, 0.29) is 24.2 Å². The number of carbonyl (C=O) groups is 3. The molecule has 2 amide bonds. The van der Waals surface area contributed by atoms with Crippen molar-refractivity contribution in [1.29, 1.82) is 0 Å². The fourth-order valence-electron chi connectivity index (χ4n) is 3.44. The lowest BCUT2D eigenvalue weighted by molar-refractivity contribution is -0.147. The van der Waals surface area contributed by atoms with Crippen LogP contribution in [0.25, 0.3) is 0 Å². The Kier molecular flexibility index (Phi) is 9.06. The number of benzene rings is 3. The van der Waals surface area contributed by atoms with Crippen molar-refractivity contribution in [3.05, 3.63) is 83.4 Å². The first kappa shape index (κ1) is 27.5. The van der Waals surface area contributed by atoms with Crippen LogP contribution in [0.3, 0.4) is 0 Å². The van der Waals surface area contributed by atoms with Gasteiger partial charge < -0.3 is 20.1 Å². The Morgan fingerprint density at radius 3 is 1.86 bits per heavy atom. The summed E-state index contributed by atoms with van der Waals surface area (Å²) in [6, 6.07) is 20.5. The molecule has 3 rings (SSSR count). The predicted molar refractivity (Wildman–Crippen MR) is 145 cm³/mol. The van der Waals surface area contributed by atoms with Gasteiger partial charge in [0.05, 0.1) is 6.42 Å². The first-order chi connectivity index (χ1) is 17.5. The third kappa shape index (κ3) is 8.79. The monoisotopic (exact) mass is 502 g/mol. The van der Waals surface area contributed by atoms with Gasteiger partial charge in [0.15, 0.2) is 6.61 Å². The van der Waals surface area contributed by atoms with Crippen LogP contribution in [0, 0.1) is 13.8 Å². The van der Waals surface area contributed by atoms with Crippen LogP contribution in [-0.2, 0) is 24.5 Å². The highest BCUT2D eigenvalue weighted by atomic mass is 16.5. The fraction of sp³-hybridized carbons (Fsp3) is 0.300. The van der Waals surface area contributed by atoms with Crippen molar-refractivity contribution in [3.63, 3.8) is 0 Å². The van der Waals surface area contributed by atoms with Crippen LogP contribution < -0.4 is 15.4 Å². The molecule has 0 radical (unpaired) electrons. The summed E-state index contributed by atoms with van der Waals surface area (Å²) < 4.78 is 10.9. The zero-order valence-electron chi connectivity index (χ0n) is 22.0. The first-order valence-electron chi connectivity index (χ1n) is 12.2. The Hall–Kier alpha value is -4.13. The molecule has 0 spiro atoms. The summed E-state index contributed by atoms with van der Waals surface area (Å²) in [7, 11) is 0. The first-order valence-corrected chi connectivity index (χ1v) is 12.2. The van der Waals surface area contributed by atoms with Gasteiger partial charge in [-0.05, 0) is 84.5 Å². The number of hydrogen-bond donors (Lipinski definition) is 2. The highest BCUT2D eigenvalue weighted by molar-refractivity contribution is 5.94. The number of hydrogen-bond acceptors (Lipinski definition) is 5. The second-order valence-corrected chi connectivity index (χ2v) is 9.96. The Morgan fingerprint density at radius 2 is 1.27 bits per heavy atom. The normalized spacial score (nSPS) is 10.9. The average molecular weight is 503 g/mol. The molecule has 0 aliphatic carbocycles. The minimum atomic E-state index is -0.619. The lowest BCUT2D eigenvalue weighted by Gasteiger charge is -2.19. The number of carbonyl (C=O) groups excluding carboxylic acids is 3. The highest BCUT2D eigenvalue weighted by Gasteiger charge is 2.14. The SMILES string of the molecule is Cc1ccc(NC(=O)COC(=O)CCC(=O)Nc2ccc(Oc3ccc(C(C)(C)C)cc3)cc2)cc1C. The molecule has 37 heavy (non-hydrogen) atoms. The van der Waals surface area contributed by atoms with Gasteiger partial charge in [0, 0.05) is 17.8 Å². The Labute approximate surface area is 218 Å². The Balaban J connectivity index is 1.38. The summed E-state index contributed by atoms with van der Waals surface area (Å²) >= 11 is 0. The van der Waals surface area contributed by atoms with Crippen molar-refractivity contribution in [2.45, 2.75) is 52.9 Å². The molecule has 3 aromatic rings. The largest absolute Gasteiger partial charge is 0.457 e. The minimum Gasteiger partial charge on any atom is -0.457 e. The van der Waals surface area contributed by atoms with Gasteiger partial charge in [-0.2, -0.15) is 0 Å². The molecule has 0 saturated carbocycles. The van der Waals surface area contributed by atoms with Crippen LogP contribution in [0.4, 0.5) is 11.4 Å². The molecular formula is C30H34N2O5. The Bertz CT molecular complexity index is 1240. The van der Waals surface area contributed by atoms with Crippen LogP contribution in [0.2, 0.25) is 0 Å². The third-order valence-corrected chi connectivity index (χ3v) is 5.81. The third-order valence-electron chi connectivity index (χ3n) is 5.81.